The number of nitrogens with zero attached hydrogens (tertiary/aromatic N) is 2. The van der Waals surface area contributed by atoms with E-state index in [1.807, 2.05) is 66.7 Å². The molecule has 2 aliphatic carbocycles. The van der Waals surface area contributed by atoms with Crippen molar-refractivity contribution in [3.63, 3.8) is 0 Å². The molecule has 1 saturated carbocycles. The molecule has 1 aliphatic heterocycles. The Labute approximate surface area is 335 Å². The van der Waals surface area contributed by atoms with Gasteiger partial charge in [-0.2, -0.15) is 0 Å². The Kier molecular flexibility index (Phi) is 14.4. The zero-order chi connectivity index (χ0) is 40.2. The summed E-state index contributed by atoms with van der Waals surface area (Å²) >= 11 is 0. The Morgan fingerprint density at radius 2 is 1.68 bits per heavy atom. The van der Waals surface area contributed by atoms with Gasteiger partial charge in [-0.25, -0.2) is 9.59 Å². The van der Waals surface area contributed by atoms with E-state index in [4.69, 9.17) is 23.8 Å². The monoisotopic (exact) mass is 781 g/mol. The number of aliphatic hydroxyl groups excluding tert-OH is 2. The smallest absolute Gasteiger partial charge is 0.412 e. The number of likely N-dealkylation sites (N-methyl/N-ethyl adjacent to an activating group) is 1. The van der Waals surface area contributed by atoms with Crippen LogP contribution in [0.5, 0.6) is 11.5 Å². The molecule has 6 rings (SSSR count). The predicted molar refractivity (Wildman–Crippen MR) is 216 cm³/mol. The first-order valence-corrected chi connectivity index (χ1v) is 19.9. The number of hydrogen-bond donors (Lipinski definition) is 3. The lowest BCUT2D eigenvalue weighted by molar-refractivity contribution is -0.253. The molecular weight excluding hydrogens is 727 g/mol. The van der Waals surface area contributed by atoms with E-state index in [0.717, 1.165) is 47.9 Å². The van der Waals surface area contributed by atoms with Gasteiger partial charge in [0.25, 0.3) is 0 Å². The summed E-state index contributed by atoms with van der Waals surface area (Å²) in [7, 11) is 3.20. The van der Waals surface area contributed by atoms with E-state index in [9.17, 15) is 19.8 Å². The number of oxime groups is 1. The van der Waals surface area contributed by atoms with Crippen LogP contribution < -0.4 is 14.8 Å². The summed E-state index contributed by atoms with van der Waals surface area (Å²) in [4.78, 5) is 34.1. The fraction of sp³-hybridized carbons (Fsp3) is 0.444. The number of fused-ring (bicyclic) bond motifs is 2. The third-order valence-electron chi connectivity index (χ3n) is 11.3. The second kappa shape index (κ2) is 19.8. The number of hydrogen-bond acceptors (Lipinski definition) is 10. The standard InChI is InChI=1S/C45H55N3O9/c1-4-25-55-45-40(48(2)44(52)54-30-32-17-9-6-10-18-32)28-38(47-53-3)36-26-33(19-11-13-23-49)35(20-12-14-24-50)41(42(36)45)37-27-34(21-22-39(37)57-45)56-43(51)46-29-31-15-7-5-8-16-31/h4-10,15-18,21-22,26-27,33,35,40-42,49-50H,1,11-14,19-20,23-25,28-30H2,2-3H3,(H,46,51)/t33-,35+,40-,41+,42+,45+/m0/s1. The Bertz CT molecular complexity index is 1870. The molecule has 0 radical (unpaired) electrons. The highest BCUT2D eigenvalue weighted by Crippen LogP contribution is 2.61. The molecule has 1 heterocycles. The molecule has 304 valence electrons. The number of carbonyl (C=O) groups excluding carboxylic acids is 2. The average Bonchev–Trinajstić information content (AvgIpc) is 3.23. The third-order valence-corrected chi connectivity index (χ3v) is 11.3. The minimum atomic E-state index is -1.42. The number of unbranched alkanes of at least 4 members (excludes halogenated alkanes) is 2. The van der Waals surface area contributed by atoms with Crippen LogP contribution in [0.25, 0.3) is 0 Å². The molecule has 12 heteroatoms. The molecule has 1 fully saturated rings. The van der Waals surface area contributed by atoms with Crippen LogP contribution in [0.2, 0.25) is 0 Å². The van der Waals surface area contributed by atoms with Crippen molar-refractivity contribution < 1.29 is 43.6 Å². The summed E-state index contributed by atoms with van der Waals surface area (Å²) in [5, 5.41) is 27.0. The van der Waals surface area contributed by atoms with Crippen molar-refractivity contribution in [2.45, 2.75) is 75.8 Å². The molecular formula is C45H55N3O9. The minimum Gasteiger partial charge on any atom is -0.459 e. The highest BCUT2D eigenvalue weighted by atomic mass is 16.7. The second-order valence-electron chi connectivity index (χ2n) is 14.8. The van der Waals surface area contributed by atoms with Gasteiger partial charge in [0, 0.05) is 44.7 Å². The maximum atomic E-state index is 14.0. The van der Waals surface area contributed by atoms with E-state index in [1.54, 1.807) is 30.2 Å². The number of ether oxygens (including phenoxy) is 4. The van der Waals surface area contributed by atoms with Gasteiger partial charge in [0.05, 0.1) is 18.2 Å². The lowest BCUT2D eigenvalue weighted by atomic mass is 9.55. The number of allylic oxidation sites excluding steroid dienone is 1. The molecule has 3 aliphatic rings. The van der Waals surface area contributed by atoms with E-state index in [2.05, 4.69) is 23.1 Å². The number of aliphatic hydroxyl groups is 2. The molecule has 0 spiro atoms. The topological polar surface area (TPSA) is 148 Å². The van der Waals surface area contributed by atoms with Crippen LogP contribution in [0, 0.1) is 17.8 Å². The van der Waals surface area contributed by atoms with Gasteiger partial charge in [0.2, 0.25) is 5.79 Å². The fourth-order valence-electron chi connectivity index (χ4n) is 8.76. The Hall–Kier alpha value is -5.17. The van der Waals surface area contributed by atoms with Crippen LogP contribution in [0.1, 0.15) is 67.6 Å². The Balaban J connectivity index is 1.45. The summed E-state index contributed by atoms with van der Waals surface area (Å²) in [6.45, 7) is 4.65. The lowest BCUT2D eigenvalue weighted by Gasteiger charge is -2.59. The summed E-state index contributed by atoms with van der Waals surface area (Å²) in [5.74, 6) is -1.24. The van der Waals surface area contributed by atoms with Crippen molar-refractivity contribution in [3.05, 3.63) is 120 Å². The van der Waals surface area contributed by atoms with Gasteiger partial charge in [-0.05, 0) is 72.4 Å². The van der Waals surface area contributed by atoms with Crippen LogP contribution in [0.4, 0.5) is 9.59 Å². The van der Waals surface area contributed by atoms with Crippen LogP contribution in [0.15, 0.2) is 108 Å². The first-order valence-electron chi connectivity index (χ1n) is 19.9. The summed E-state index contributed by atoms with van der Waals surface area (Å²) in [6, 6.07) is 23.8. The van der Waals surface area contributed by atoms with Gasteiger partial charge < -0.3 is 44.2 Å². The first-order chi connectivity index (χ1) is 27.8. The molecule has 0 bridgehead atoms. The highest BCUT2D eigenvalue weighted by Gasteiger charge is 2.65. The average molecular weight is 782 g/mol. The normalized spacial score (nSPS) is 23.9. The van der Waals surface area contributed by atoms with Gasteiger partial charge >= 0.3 is 12.2 Å². The third kappa shape index (κ3) is 9.52. The van der Waals surface area contributed by atoms with Crippen LogP contribution in [-0.4, -0.2) is 78.8 Å². The quantitative estimate of drug-likeness (QED) is 0.0678. The number of carbonyl (C=O) groups is 2. The lowest BCUT2D eigenvalue weighted by Crippen LogP contribution is -2.69. The zero-order valence-corrected chi connectivity index (χ0v) is 32.9. The van der Waals surface area contributed by atoms with E-state index in [1.165, 1.54) is 7.11 Å². The Morgan fingerprint density at radius 1 is 0.982 bits per heavy atom. The second-order valence-corrected chi connectivity index (χ2v) is 14.8. The Morgan fingerprint density at radius 3 is 2.37 bits per heavy atom. The van der Waals surface area contributed by atoms with Gasteiger partial charge in [-0.1, -0.05) is 90.8 Å². The van der Waals surface area contributed by atoms with Gasteiger partial charge in [-0.15, -0.1) is 6.58 Å². The van der Waals surface area contributed by atoms with E-state index in [-0.39, 0.29) is 50.6 Å². The minimum absolute atomic E-state index is 0.0124. The highest BCUT2D eigenvalue weighted by molar-refractivity contribution is 6.02. The van der Waals surface area contributed by atoms with E-state index < -0.39 is 29.9 Å². The van der Waals surface area contributed by atoms with Crippen molar-refractivity contribution in [3.8, 4) is 11.5 Å². The molecule has 3 aromatic rings. The molecule has 57 heavy (non-hydrogen) atoms. The van der Waals surface area contributed by atoms with Gasteiger partial charge in [0.15, 0.2) is 0 Å². The SMILES string of the molecule is C=CCO[C@@]12Oc3ccc(OC(=O)NCc4ccccc4)cc3[C@H]3[C@H](CCCCO)[C@@H](CCCCO)C=C(C(=NOC)C[C@@H]1N(C)C(=O)OCc1ccccc1)[C@H]32. The van der Waals surface area contributed by atoms with Crippen LogP contribution in [0.3, 0.4) is 0 Å². The zero-order valence-electron chi connectivity index (χ0n) is 32.9. The van der Waals surface area contributed by atoms with Crippen molar-refractivity contribution >= 4 is 17.9 Å². The van der Waals surface area contributed by atoms with Crippen molar-refractivity contribution in [1.29, 1.82) is 0 Å². The van der Waals surface area contributed by atoms with Crippen molar-refractivity contribution in [1.82, 2.24) is 10.2 Å². The van der Waals surface area contributed by atoms with Crippen LogP contribution >= 0.6 is 0 Å². The molecule has 12 nitrogen and oxygen atoms in total. The maximum absolute atomic E-state index is 14.0. The van der Waals surface area contributed by atoms with E-state index in [0.29, 0.717) is 36.6 Å². The summed E-state index contributed by atoms with van der Waals surface area (Å²) < 4.78 is 25.7. The van der Waals surface area contributed by atoms with E-state index >= 15 is 0 Å². The largest absolute Gasteiger partial charge is 0.459 e. The molecule has 6 atom stereocenters. The molecule has 0 unspecified atom stereocenters. The van der Waals surface area contributed by atoms with Gasteiger partial charge in [0.1, 0.15) is 31.3 Å². The fourth-order valence-corrected chi connectivity index (χ4v) is 8.76. The van der Waals surface area contributed by atoms with Crippen LogP contribution in [-0.2, 0) is 27.5 Å². The van der Waals surface area contributed by atoms with Crippen molar-refractivity contribution in [2.75, 3.05) is 34.0 Å². The molecule has 2 amide bonds. The maximum Gasteiger partial charge on any atom is 0.412 e. The molecule has 0 saturated heterocycles. The summed E-state index contributed by atoms with van der Waals surface area (Å²) in [5.41, 5.74) is 4.20. The molecule has 0 aromatic heterocycles. The molecule has 3 aromatic carbocycles. The number of benzene rings is 3. The van der Waals surface area contributed by atoms with Gasteiger partial charge in [-0.3, -0.25) is 0 Å². The van der Waals surface area contributed by atoms with Crippen molar-refractivity contribution in [2.24, 2.45) is 22.9 Å². The summed E-state index contributed by atoms with van der Waals surface area (Å²) in [6.07, 6.45) is 7.48. The predicted octanol–water partition coefficient (Wildman–Crippen LogP) is 7.51. The number of nitrogens with one attached hydrogen (secondary N) is 1. The first kappa shape index (κ1) is 41.5. The number of rotatable bonds is 18. The molecule has 3 N–H and O–H groups in total. The number of amides is 2.